The molecule has 2 N–H and O–H groups in total. The fourth-order valence-electron chi connectivity index (χ4n) is 3.88. The molecular formula is C23H52ClNO3Si. The molecule has 0 aliphatic heterocycles. The van der Waals surface area contributed by atoms with Gasteiger partial charge in [-0.1, -0.05) is 71.1 Å². The van der Waals surface area contributed by atoms with Gasteiger partial charge in [0.1, 0.15) is 0 Å². The molecule has 0 spiro atoms. The highest BCUT2D eigenvalue weighted by atomic mass is 35.5. The van der Waals surface area contributed by atoms with Crippen molar-refractivity contribution < 1.29 is 13.3 Å². The van der Waals surface area contributed by atoms with E-state index in [4.69, 9.17) is 19.0 Å². The van der Waals surface area contributed by atoms with Crippen LogP contribution in [0.1, 0.15) is 112 Å². The maximum absolute atomic E-state index is 6.55. The molecule has 0 saturated heterocycles. The fraction of sp³-hybridized carbons (Fsp3) is 1.00. The van der Waals surface area contributed by atoms with Crippen molar-refractivity contribution >= 4 is 21.2 Å². The van der Waals surface area contributed by atoms with Crippen molar-refractivity contribution in [1.29, 1.82) is 0 Å². The SMILES string of the molecule is CCCCCCCCCCCCC(C[Si](OCC)(OCC)OCC)C(C)(C)N.Cl. The highest BCUT2D eigenvalue weighted by Gasteiger charge is 2.45. The predicted octanol–water partition coefficient (Wildman–Crippen LogP) is 7.12. The Labute approximate surface area is 189 Å². The van der Waals surface area contributed by atoms with E-state index in [1.807, 2.05) is 20.8 Å². The zero-order valence-corrected chi connectivity index (χ0v) is 22.2. The first kappa shape index (κ1) is 31.5. The number of rotatable bonds is 20. The summed E-state index contributed by atoms with van der Waals surface area (Å²) >= 11 is 0. The van der Waals surface area contributed by atoms with Crippen LogP contribution in [0.4, 0.5) is 0 Å². The van der Waals surface area contributed by atoms with Gasteiger partial charge in [-0.25, -0.2) is 0 Å². The Kier molecular flexibility index (Phi) is 20.7. The van der Waals surface area contributed by atoms with Crippen LogP contribution in [-0.4, -0.2) is 34.2 Å². The third-order valence-corrected chi connectivity index (χ3v) is 8.73. The maximum Gasteiger partial charge on any atom is 0.501 e. The first-order chi connectivity index (χ1) is 13.3. The van der Waals surface area contributed by atoms with Gasteiger partial charge in [0, 0.05) is 31.4 Å². The van der Waals surface area contributed by atoms with Crippen molar-refractivity contribution in [1.82, 2.24) is 0 Å². The average molecular weight is 454 g/mol. The highest BCUT2D eigenvalue weighted by Crippen LogP contribution is 2.32. The molecule has 4 nitrogen and oxygen atoms in total. The predicted molar refractivity (Wildman–Crippen MR) is 131 cm³/mol. The molecule has 0 fully saturated rings. The van der Waals surface area contributed by atoms with E-state index in [1.54, 1.807) is 0 Å². The fourth-order valence-corrected chi connectivity index (χ4v) is 7.14. The molecule has 178 valence electrons. The largest absolute Gasteiger partial charge is 0.501 e. The summed E-state index contributed by atoms with van der Waals surface area (Å²) in [5.74, 6) is 0.359. The molecule has 0 aromatic heterocycles. The quantitative estimate of drug-likeness (QED) is 0.157. The number of halogens is 1. The van der Waals surface area contributed by atoms with Crippen molar-refractivity contribution in [3.05, 3.63) is 0 Å². The third-order valence-electron chi connectivity index (χ3n) is 5.55. The van der Waals surface area contributed by atoms with Crippen LogP contribution in [-0.2, 0) is 13.3 Å². The smallest absolute Gasteiger partial charge is 0.374 e. The van der Waals surface area contributed by atoms with Crippen LogP contribution in [0.25, 0.3) is 0 Å². The van der Waals surface area contributed by atoms with Gasteiger partial charge in [-0.15, -0.1) is 12.4 Å². The van der Waals surface area contributed by atoms with Gasteiger partial charge in [0.2, 0.25) is 0 Å². The first-order valence-electron chi connectivity index (χ1n) is 12.1. The Bertz CT molecular complexity index is 336. The molecule has 1 atom stereocenters. The number of hydrogen-bond donors (Lipinski definition) is 1. The van der Waals surface area contributed by atoms with Crippen LogP contribution in [0.5, 0.6) is 0 Å². The summed E-state index contributed by atoms with van der Waals surface area (Å²) in [4.78, 5) is 0. The molecule has 0 aliphatic rings. The Morgan fingerprint density at radius 3 is 1.41 bits per heavy atom. The normalized spacial score (nSPS) is 13.3. The molecule has 0 aliphatic carbocycles. The van der Waals surface area contributed by atoms with Gasteiger partial charge < -0.3 is 19.0 Å². The lowest BCUT2D eigenvalue weighted by atomic mass is 9.85. The Hall–Kier alpha value is 0.347. The van der Waals surface area contributed by atoms with Gasteiger partial charge in [0.05, 0.1) is 0 Å². The summed E-state index contributed by atoms with van der Waals surface area (Å²) in [6, 6.07) is 0.823. The van der Waals surface area contributed by atoms with E-state index >= 15 is 0 Å². The van der Waals surface area contributed by atoms with Crippen LogP contribution in [0, 0.1) is 5.92 Å². The summed E-state index contributed by atoms with van der Waals surface area (Å²) in [5.41, 5.74) is 6.30. The minimum Gasteiger partial charge on any atom is -0.374 e. The molecule has 6 heteroatoms. The van der Waals surface area contributed by atoms with Crippen LogP contribution >= 0.6 is 12.4 Å². The van der Waals surface area contributed by atoms with E-state index in [0.29, 0.717) is 25.7 Å². The van der Waals surface area contributed by atoms with E-state index in [9.17, 15) is 0 Å². The molecule has 0 saturated carbocycles. The summed E-state index contributed by atoms with van der Waals surface area (Å²) < 4.78 is 18.2. The zero-order chi connectivity index (χ0) is 21.3. The standard InChI is InChI=1S/C23H51NO3Si.ClH/c1-7-11-12-13-14-15-16-17-18-19-20-22(23(5,6)24)21-28(25-8-2,26-9-3)27-10-4;/h22H,7-21,24H2,1-6H3;1H. The second-order valence-corrected chi connectivity index (χ2v) is 11.3. The molecule has 29 heavy (non-hydrogen) atoms. The van der Waals surface area contributed by atoms with Crippen molar-refractivity contribution in [2.24, 2.45) is 11.7 Å². The van der Waals surface area contributed by atoms with Gasteiger partial charge in [-0.3, -0.25) is 0 Å². The molecule has 0 bridgehead atoms. The van der Waals surface area contributed by atoms with Crippen LogP contribution in [0.2, 0.25) is 6.04 Å². The third kappa shape index (κ3) is 15.7. The monoisotopic (exact) mass is 453 g/mol. The molecule has 0 radical (unpaired) electrons. The Morgan fingerprint density at radius 1 is 0.690 bits per heavy atom. The van der Waals surface area contributed by atoms with Crippen LogP contribution in [0.3, 0.4) is 0 Å². The van der Waals surface area contributed by atoms with Crippen molar-refractivity contribution in [3.63, 3.8) is 0 Å². The summed E-state index contributed by atoms with van der Waals surface area (Å²) in [7, 11) is -2.65. The lowest BCUT2D eigenvalue weighted by molar-refractivity contribution is 0.0626. The summed E-state index contributed by atoms with van der Waals surface area (Å²) in [6.45, 7) is 14.5. The molecular weight excluding hydrogens is 402 g/mol. The summed E-state index contributed by atoms with van der Waals surface area (Å²) in [5, 5.41) is 0. The van der Waals surface area contributed by atoms with E-state index in [2.05, 4.69) is 20.8 Å². The van der Waals surface area contributed by atoms with E-state index in [1.165, 1.54) is 64.2 Å². The van der Waals surface area contributed by atoms with Gasteiger partial charge in [-0.05, 0) is 47.0 Å². The van der Waals surface area contributed by atoms with Crippen molar-refractivity contribution in [2.45, 2.75) is 124 Å². The zero-order valence-electron chi connectivity index (χ0n) is 20.4. The van der Waals surface area contributed by atoms with Gasteiger partial charge in [0.15, 0.2) is 0 Å². The first-order valence-corrected chi connectivity index (χ1v) is 14.0. The van der Waals surface area contributed by atoms with Gasteiger partial charge in [0.25, 0.3) is 0 Å². The second-order valence-electron chi connectivity index (χ2n) is 8.68. The lowest BCUT2D eigenvalue weighted by Crippen LogP contribution is -2.52. The van der Waals surface area contributed by atoms with Crippen LogP contribution in [0.15, 0.2) is 0 Å². The van der Waals surface area contributed by atoms with Crippen LogP contribution < -0.4 is 5.73 Å². The minimum absolute atomic E-state index is 0. The Morgan fingerprint density at radius 2 is 1.07 bits per heavy atom. The molecule has 0 aromatic rings. The number of nitrogens with two attached hydrogens (primary N) is 1. The van der Waals surface area contributed by atoms with E-state index < -0.39 is 8.80 Å². The van der Waals surface area contributed by atoms with Gasteiger partial charge in [-0.2, -0.15) is 0 Å². The molecule has 0 amide bonds. The topological polar surface area (TPSA) is 53.7 Å². The number of unbranched alkanes of at least 4 members (excludes halogenated alkanes) is 9. The summed E-state index contributed by atoms with van der Waals surface area (Å²) in [6.07, 6.45) is 14.7. The maximum atomic E-state index is 6.55. The lowest BCUT2D eigenvalue weighted by Gasteiger charge is -2.37. The average Bonchev–Trinajstić information content (AvgIpc) is 2.62. The van der Waals surface area contributed by atoms with E-state index in [0.717, 1.165) is 12.5 Å². The van der Waals surface area contributed by atoms with Gasteiger partial charge >= 0.3 is 8.80 Å². The molecule has 0 rings (SSSR count). The minimum atomic E-state index is -2.65. The number of hydrogen-bond acceptors (Lipinski definition) is 4. The second kappa shape index (κ2) is 19.1. The van der Waals surface area contributed by atoms with Crippen molar-refractivity contribution in [3.8, 4) is 0 Å². The molecule has 0 aromatic carbocycles. The molecule has 1 unspecified atom stereocenters. The Balaban J connectivity index is 0. The molecule has 0 heterocycles. The highest BCUT2D eigenvalue weighted by molar-refractivity contribution is 6.60. The van der Waals surface area contributed by atoms with Crippen molar-refractivity contribution in [2.75, 3.05) is 19.8 Å². The van der Waals surface area contributed by atoms with E-state index in [-0.39, 0.29) is 17.9 Å².